The van der Waals surface area contributed by atoms with Crippen LogP contribution in [0, 0.1) is 0 Å². The van der Waals surface area contributed by atoms with E-state index < -0.39 is 11.9 Å². The number of carbonyl (C=O) groups is 1. The van der Waals surface area contributed by atoms with Crippen molar-refractivity contribution in [3.05, 3.63) is 11.6 Å². The van der Waals surface area contributed by atoms with Gasteiger partial charge in [0.2, 0.25) is 0 Å². The number of hydrogen-bond acceptors (Lipinski definition) is 6. The molecule has 0 bridgehead atoms. The summed E-state index contributed by atoms with van der Waals surface area (Å²) in [7, 11) is 1.56. The van der Waals surface area contributed by atoms with Gasteiger partial charge in [-0.1, -0.05) is 0 Å². The lowest BCUT2D eigenvalue weighted by molar-refractivity contribution is -0.166. The second-order valence-electron chi connectivity index (χ2n) is 5.09. The van der Waals surface area contributed by atoms with Crippen molar-refractivity contribution < 1.29 is 28.5 Å². The minimum absolute atomic E-state index is 0.206. The second-order valence-corrected chi connectivity index (χ2v) is 5.09. The van der Waals surface area contributed by atoms with Gasteiger partial charge in [0, 0.05) is 14.0 Å². The maximum Gasteiger partial charge on any atom is 0.303 e. The molecule has 19 heavy (non-hydrogen) atoms. The van der Waals surface area contributed by atoms with Gasteiger partial charge in [-0.3, -0.25) is 4.79 Å². The number of esters is 1. The van der Waals surface area contributed by atoms with E-state index in [1.807, 2.05) is 19.9 Å². The maximum absolute atomic E-state index is 11.1. The number of methoxy groups -OCH3 is 1. The Hall–Kier alpha value is -0.950. The van der Waals surface area contributed by atoms with Crippen LogP contribution in [0.3, 0.4) is 0 Å². The van der Waals surface area contributed by atoms with E-state index in [1.165, 1.54) is 6.92 Å². The predicted molar refractivity (Wildman–Crippen MR) is 65.3 cm³/mol. The molecule has 0 spiro atoms. The number of carbonyl (C=O) groups excluding carboxylic acids is 1. The van der Waals surface area contributed by atoms with E-state index in [0.717, 1.165) is 5.57 Å². The zero-order chi connectivity index (χ0) is 14.0. The Morgan fingerprint density at radius 3 is 2.79 bits per heavy atom. The molecular formula is C13H20O6. The van der Waals surface area contributed by atoms with Crippen molar-refractivity contribution in [2.75, 3.05) is 20.5 Å². The Balaban J connectivity index is 2.06. The van der Waals surface area contributed by atoms with Crippen molar-refractivity contribution in [2.24, 2.45) is 0 Å². The summed E-state index contributed by atoms with van der Waals surface area (Å²) in [6.07, 6.45) is 0.864. The standard InChI is InChI=1S/C13H20O6/c1-8(14)17-10-5-9(6-16-7-15-4)11-12(10)19-13(2,3)18-11/h5,10-12H,6-7H2,1-4H3/t10-,11+,12-/m0/s1. The van der Waals surface area contributed by atoms with Crippen LogP contribution in [0.15, 0.2) is 11.6 Å². The van der Waals surface area contributed by atoms with E-state index in [1.54, 1.807) is 7.11 Å². The quantitative estimate of drug-likeness (QED) is 0.322. The molecule has 0 aromatic carbocycles. The third kappa shape index (κ3) is 3.33. The molecule has 6 heteroatoms. The molecule has 1 aliphatic carbocycles. The lowest BCUT2D eigenvalue weighted by atomic mass is 10.1. The van der Waals surface area contributed by atoms with Crippen LogP contribution < -0.4 is 0 Å². The van der Waals surface area contributed by atoms with Gasteiger partial charge in [-0.25, -0.2) is 0 Å². The predicted octanol–water partition coefficient (Wildman–Crippen LogP) is 0.999. The molecule has 2 rings (SSSR count). The SMILES string of the molecule is COCOCC1=C[C@H](OC(C)=O)[C@@H]2OC(C)(C)O[C@H]12. The highest BCUT2D eigenvalue weighted by Crippen LogP contribution is 2.39. The topological polar surface area (TPSA) is 63.2 Å². The van der Waals surface area contributed by atoms with E-state index in [-0.39, 0.29) is 25.0 Å². The van der Waals surface area contributed by atoms with Crippen molar-refractivity contribution in [3.8, 4) is 0 Å². The summed E-state index contributed by atoms with van der Waals surface area (Å²) in [5.41, 5.74) is 0.916. The lowest BCUT2D eigenvalue weighted by Gasteiger charge is -2.20. The Kier molecular flexibility index (Phi) is 4.25. The van der Waals surface area contributed by atoms with E-state index in [4.69, 9.17) is 23.7 Å². The van der Waals surface area contributed by atoms with Crippen molar-refractivity contribution in [2.45, 2.75) is 44.9 Å². The molecule has 0 unspecified atom stereocenters. The van der Waals surface area contributed by atoms with E-state index >= 15 is 0 Å². The molecule has 0 saturated carbocycles. The molecule has 0 amide bonds. The zero-order valence-electron chi connectivity index (χ0n) is 11.7. The monoisotopic (exact) mass is 272 g/mol. The van der Waals surface area contributed by atoms with Crippen LogP contribution in [-0.4, -0.2) is 50.6 Å². The second kappa shape index (κ2) is 5.58. The van der Waals surface area contributed by atoms with Gasteiger partial charge < -0.3 is 23.7 Å². The summed E-state index contributed by atoms with van der Waals surface area (Å²) in [4.78, 5) is 11.1. The van der Waals surface area contributed by atoms with Gasteiger partial charge in [-0.05, 0) is 25.5 Å². The van der Waals surface area contributed by atoms with Gasteiger partial charge in [0.05, 0.1) is 6.61 Å². The van der Waals surface area contributed by atoms with Crippen LogP contribution in [-0.2, 0) is 28.5 Å². The molecule has 1 aliphatic heterocycles. The summed E-state index contributed by atoms with van der Waals surface area (Å²) >= 11 is 0. The Labute approximate surface area is 112 Å². The molecule has 1 fully saturated rings. The van der Waals surface area contributed by atoms with Crippen molar-refractivity contribution in [1.82, 2.24) is 0 Å². The average molecular weight is 272 g/mol. The van der Waals surface area contributed by atoms with E-state index in [9.17, 15) is 4.79 Å². The summed E-state index contributed by atoms with van der Waals surface area (Å²) in [5, 5.41) is 0. The molecule has 1 heterocycles. The number of fused-ring (bicyclic) bond motifs is 1. The smallest absolute Gasteiger partial charge is 0.303 e. The first kappa shape index (κ1) is 14.5. The largest absolute Gasteiger partial charge is 0.455 e. The van der Waals surface area contributed by atoms with Gasteiger partial charge in [0.1, 0.15) is 25.1 Å². The molecule has 1 saturated heterocycles. The first-order chi connectivity index (χ1) is 8.93. The molecule has 0 radical (unpaired) electrons. The molecule has 0 aromatic rings. The highest BCUT2D eigenvalue weighted by atomic mass is 16.8. The summed E-state index contributed by atoms with van der Waals surface area (Å²) in [5.74, 6) is -1.03. The highest BCUT2D eigenvalue weighted by molar-refractivity contribution is 5.66. The Morgan fingerprint density at radius 2 is 2.16 bits per heavy atom. The summed E-state index contributed by atoms with van der Waals surface area (Å²) in [6, 6.07) is 0. The molecule has 0 N–H and O–H groups in total. The maximum atomic E-state index is 11.1. The Morgan fingerprint density at radius 1 is 1.42 bits per heavy atom. The van der Waals surface area contributed by atoms with Gasteiger partial charge in [-0.2, -0.15) is 0 Å². The van der Waals surface area contributed by atoms with E-state index in [2.05, 4.69) is 0 Å². The van der Waals surface area contributed by atoms with Crippen LogP contribution in [0.2, 0.25) is 0 Å². The fourth-order valence-electron chi connectivity index (χ4n) is 2.38. The first-order valence-corrected chi connectivity index (χ1v) is 6.23. The molecule has 2 aliphatic rings. The average Bonchev–Trinajstić information content (AvgIpc) is 2.75. The van der Waals surface area contributed by atoms with Gasteiger partial charge in [0.15, 0.2) is 5.79 Å². The zero-order valence-corrected chi connectivity index (χ0v) is 11.7. The van der Waals surface area contributed by atoms with Crippen molar-refractivity contribution >= 4 is 5.97 Å². The van der Waals surface area contributed by atoms with Gasteiger partial charge in [-0.15, -0.1) is 0 Å². The third-order valence-electron chi connectivity index (χ3n) is 2.97. The molecule has 3 atom stereocenters. The number of rotatable bonds is 5. The summed E-state index contributed by atoms with van der Waals surface area (Å²) in [6.45, 7) is 5.63. The highest BCUT2D eigenvalue weighted by Gasteiger charge is 2.51. The molecule has 0 aromatic heterocycles. The van der Waals surface area contributed by atoms with Gasteiger partial charge >= 0.3 is 5.97 Å². The van der Waals surface area contributed by atoms with Crippen molar-refractivity contribution in [3.63, 3.8) is 0 Å². The fourth-order valence-corrected chi connectivity index (χ4v) is 2.38. The minimum atomic E-state index is -0.686. The number of ether oxygens (including phenoxy) is 5. The molecule has 108 valence electrons. The Bertz CT molecular complexity index is 375. The van der Waals surface area contributed by atoms with Crippen LogP contribution in [0.5, 0.6) is 0 Å². The van der Waals surface area contributed by atoms with Crippen LogP contribution in [0.25, 0.3) is 0 Å². The lowest BCUT2D eigenvalue weighted by Crippen LogP contribution is -2.32. The number of hydrogen-bond donors (Lipinski definition) is 0. The fraction of sp³-hybridized carbons (Fsp3) is 0.769. The molecular weight excluding hydrogens is 252 g/mol. The third-order valence-corrected chi connectivity index (χ3v) is 2.97. The normalized spacial score (nSPS) is 32.0. The van der Waals surface area contributed by atoms with Crippen LogP contribution in [0.1, 0.15) is 20.8 Å². The summed E-state index contributed by atoms with van der Waals surface area (Å²) < 4.78 is 27.0. The van der Waals surface area contributed by atoms with Gasteiger partial charge in [0.25, 0.3) is 0 Å². The molecule has 6 nitrogen and oxygen atoms in total. The van der Waals surface area contributed by atoms with Crippen LogP contribution >= 0.6 is 0 Å². The van der Waals surface area contributed by atoms with E-state index in [0.29, 0.717) is 6.61 Å². The van der Waals surface area contributed by atoms with Crippen molar-refractivity contribution in [1.29, 1.82) is 0 Å². The first-order valence-electron chi connectivity index (χ1n) is 6.23. The van der Waals surface area contributed by atoms with Crippen LogP contribution in [0.4, 0.5) is 0 Å². The minimum Gasteiger partial charge on any atom is -0.455 e.